The monoisotopic (exact) mass is 838 g/mol. The minimum absolute atomic E-state index is 0.0225. The van der Waals surface area contributed by atoms with Crippen molar-refractivity contribution in [3.8, 4) is 33.6 Å². The summed E-state index contributed by atoms with van der Waals surface area (Å²) in [7, 11) is 0. The molecular weight excluding hydrogens is 775 g/mol. The summed E-state index contributed by atoms with van der Waals surface area (Å²) < 4.78 is 4.92. The van der Waals surface area contributed by atoms with E-state index in [0.29, 0.717) is 5.69 Å². The normalized spacial score (nSPS) is 12.8. The van der Waals surface area contributed by atoms with Crippen LogP contribution in [-0.2, 0) is 21.7 Å². The molecule has 0 amide bonds. The standard InChI is InChI=1S/C61H63N3/c1-37-22-27-43(38(2)32-37)44-18-16-20-54(63-50-28-23-39(58(3,4)5)33-45(50)46-34-40(59(6,7)8)24-29-51(46)63)56(44)57-49(62-15)19-17-21-55(57)64-52-30-25-41(60(9,10)11)35-47(52)48-36-42(61(12,13)14)26-31-53(48)64/h16-36H,1-14H3. The van der Waals surface area contributed by atoms with Gasteiger partial charge in [0.1, 0.15) is 0 Å². The minimum Gasteiger partial charge on any atom is -0.310 e. The van der Waals surface area contributed by atoms with Crippen LogP contribution in [0.15, 0.2) is 127 Å². The van der Waals surface area contributed by atoms with E-state index in [1.165, 1.54) is 54.9 Å². The molecule has 2 aromatic heterocycles. The molecule has 322 valence electrons. The Morgan fingerprint density at radius 1 is 0.391 bits per heavy atom. The lowest BCUT2D eigenvalue weighted by atomic mass is 9.85. The van der Waals surface area contributed by atoms with E-state index in [2.05, 4.69) is 232 Å². The van der Waals surface area contributed by atoms with Gasteiger partial charge < -0.3 is 9.13 Å². The zero-order valence-electron chi connectivity index (χ0n) is 40.5. The Kier molecular flexibility index (Phi) is 9.96. The number of fused-ring (bicyclic) bond motifs is 6. The summed E-state index contributed by atoms with van der Waals surface area (Å²) in [5.41, 5.74) is 19.0. The quantitative estimate of drug-likeness (QED) is 0.157. The lowest BCUT2D eigenvalue weighted by Gasteiger charge is -2.24. The molecule has 0 aliphatic carbocycles. The summed E-state index contributed by atoms with van der Waals surface area (Å²) >= 11 is 0. The summed E-state index contributed by atoms with van der Waals surface area (Å²) in [6, 6.07) is 48.0. The van der Waals surface area contributed by atoms with Crippen molar-refractivity contribution < 1.29 is 0 Å². The fraction of sp³-hybridized carbons (Fsp3) is 0.295. The number of hydrogen-bond acceptors (Lipinski definition) is 0. The third-order valence-electron chi connectivity index (χ3n) is 13.6. The van der Waals surface area contributed by atoms with E-state index in [1.54, 1.807) is 0 Å². The molecule has 0 unspecified atom stereocenters. The maximum atomic E-state index is 8.90. The molecule has 0 saturated heterocycles. The Balaban J connectivity index is 1.47. The highest BCUT2D eigenvalue weighted by molar-refractivity contribution is 6.13. The first kappa shape index (κ1) is 42.9. The molecule has 0 fully saturated rings. The molecule has 3 heteroatoms. The molecule has 64 heavy (non-hydrogen) atoms. The van der Waals surface area contributed by atoms with Crippen LogP contribution in [0.2, 0.25) is 0 Å². The number of aromatic nitrogens is 2. The summed E-state index contributed by atoms with van der Waals surface area (Å²) in [6.45, 7) is 40.8. The lowest BCUT2D eigenvalue weighted by molar-refractivity contribution is 0.590. The van der Waals surface area contributed by atoms with Crippen LogP contribution in [0.25, 0.3) is 82.1 Å². The summed E-state index contributed by atoms with van der Waals surface area (Å²) in [5.74, 6) is 0. The molecule has 9 rings (SSSR count). The van der Waals surface area contributed by atoms with Gasteiger partial charge in [-0.2, -0.15) is 0 Å². The van der Waals surface area contributed by atoms with Crippen molar-refractivity contribution in [2.45, 2.75) is 119 Å². The molecule has 3 nitrogen and oxygen atoms in total. The molecule has 0 N–H and O–H groups in total. The fourth-order valence-electron chi connectivity index (χ4n) is 9.83. The maximum Gasteiger partial charge on any atom is 0.197 e. The van der Waals surface area contributed by atoms with E-state index in [1.807, 2.05) is 6.07 Å². The first-order valence-corrected chi connectivity index (χ1v) is 23.0. The number of hydrogen-bond donors (Lipinski definition) is 0. The molecular formula is C61H63N3. The lowest BCUT2D eigenvalue weighted by Crippen LogP contribution is -2.10. The molecule has 9 aromatic rings. The molecule has 0 atom stereocenters. The molecule has 0 spiro atoms. The van der Waals surface area contributed by atoms with Crippen molar-refractivity contribution in [3.63, 3.8) is 0 Å². The second kappa shape index (κ2) is 14.9. The van der Waals surface area contributed by atoms with Crippen molar-refractivity contribution in [1.29, 1.82) is 0 Å². The van der Waals surface area contributed by atoms with Crippen LogP contribution in [0, 0.1) is 20.4 Å². The average Bonchev–Trinajstić information content (AvgIpc) is 3.73. The molecule has 0 radical (unpaired) electrons. The number of aryl methyl sites for hydroxylation is 2. The number of rotatable bonds is 4. The van der Waals surface area contributed by atoms with Crippen LogP contribution in [-0.4, -0.2) is 9.13 Å². The van der Waals surface area contributed by atoms with E-state index < -0.39 is 0 Å². The van der Waals surface area contributed by atoms with E-state index in [0.717, 1.165) is 55.7 Å². The first-order valence-electron chi connectivity index (χ1n) is 23.0. The van der Waals surface area contributed by atoms with Crippen molar-refractivity contribution >= 4 is 49.3 Å². The zero-order chi connectivity index (χ0) is 45.8. The highest BCUT2D eigenvalue weighted by Gasteiger charge is 2.28. The smallest absolute Gasteiger partial charge is 0.197 e. The molecule has 0 aliphatic rings. The fourth-order valence-corrected chi connectivity index (χ4v) is 9.83. The second-order valence-electron chi connectivity index (χ2n) is 22.4. The molecule has 0 aliphatic heterocycles. The van der Waals surface area contributed by atoms with Crippen LogP contribution in [0.5, 0.6) is 0 Å². The highest BCUT2D eigenvalue weighted by Crippen LogP contribution is 2.49. The van der Waals surface area contributed by atoms with Crippen LogP contribution < -0.4 is 0 Å². The van der Waals surface area contributed by atoms with Crippen LogP contribution in [0.4, 0.5) is 5.69 Å². The van der Waals surface area contributed by atoms with Crippen molar-refractivity contribution in [2.24, 2.45) is 0 Å². The molecule has 0 saturated carbocycles. The van der Waals surface area contributed by atoms with Gasteiger partial charge in [0.25, 0.3) is 0 Å². The predicted octanol–water partition coefficient (Wildman–Crippen LogP) is 17.6. The predicted molar refractivity (Wildman–Crippen MR) is 277 cm³/mol. The van der Waals surface area contributed by atoms with E-state index in [9.17, 15) is 0 Å². The Labute approximate surface area is 381 Å². The molecule has 7 aromatic carbocycles. The van der Waals surface area contributed by atoms with E-state index in [4.69, 9.17) is 6.57 Å². The Morgan fingerprint density at radius 3 is 1.12 bits per heavy atom. The van der Waals surface area contributed by atoms with Crippen LogP contribution in [0.1, 0.15) is 116 Å². The van der Waals surface area contributed by atoms with Crippen LogP contribution in [0.3, 0.4) is 0 Å². The Bertz CT molecular complexity index is 3240. The van der Waals surface area contributed by atoms with Gasteiger partial charge in [-0.05, 0) is 135 Å². The van der Waals surface area contributed by atoms with Gasteiger partial charge in [-0.3, -0.25) is 0 Å². The minimum atomic E-state index is -0.0250. The first-order chi connectivity index (χ1) is 30.1. The zero-order valence-corrected chi connectivity index (χ0v) is 40.5. The van der Waals surface area contributed by atoms with E-state index >= 15 is 0 Å². The van der Waals surface area contributed by atoms with Gasteiger partial charge in [0.05, 0.1) is 34.3 Å². The molecule has 0 bridgehead atoms. The number of nitrogens with zero attached hydrogens (tertiary/aromatic N) is 3. The second-order valence-corrected chi connectivity index (χ2v) is 22.4. The third-order valence-corrected chi connectivity index (χ3v) is 13.6. The van der Waals surface area contributed by atoms with Gasteiger partial charge in [-0.25, -0.2) is 4.85 Å². The topological polar surface area (TPSA) is 14.2 Å². The Hall–Kier alpha value is -6.37. The van der Waals surface area contributed by atoms with Gasteiger partial charge in [0.15, 0.2) is 5.69 Å². The largest absolute Gasteiger partial charge is 0.310 e. The number of benzene rings is 7. The Morgan fingerprint density at radius 2 is 0.766 bits per heavy atom. The average molecular weight is 838 g/mol. The van der Waals surface area contributed by atoms with Gasteiger partial charge in [0.2, 0.25) is 0 Å². The van der Waals surface area contributed by atoms with Crippen LogP contribution >= 0.6 is 0 Å². The summed E-state index contributed by atoms with van der Waals surface area (Å²) in [5, 5.41) is 4.92. The van der Waals surface area contributed by atoms with Gasteiger partial charge in [0, 0.05) is 38.4 Å². The van der Waals surface area contributed by atoms with Gasteiger partial charge in [-0.15, -0.1) is 0 Å². The van der Waals surface area contributed by atoms with Crippen molar-refractivity contribution in [1.82, 2.24) is 9.13 Å². The van der Waals surface area contributed by atoms with Gasteiger partial charge >= 0.3 is 0 Å². The maximum absolute atomic E-state index is 8.90. The van der Waals surface area contributed by atoms with Crippen molar-refractivity contribution in [2.75, 3.05) is 0 Å². The summed E-state index contributed by atoms with van der Waals surface area (Å²) in [4.78, 5) is 4.39. The SMILES string of the molecule is [C-]#[N+]c1cccc(-n2c3ccc(C(C)(C)C)cc3c3cc(C(C)(C)C)ccc32)c1-c1c(-c2ccc(C)cc2C)cccc1-n1c2ccc(C(C)(C)C)cc2c2cc(C(C)(C)C)ccc21. The molecule has 2 heterocycles. The third kappa shape index (κ3) is 7.13. The van der Waals surface area contributed by atoms with E-state index in [-0.39, 0.29) is 21.7 Å². The van der Waals surface area contributed by atoms with Gasteiger partial charge in [-0.1, -0.05) is 155 Å². The van der Waals surface area contributed by atoms with Crippen molar-refractivity contribution in [3.05, 3.63) is 172 Å². The summed E-state index contributed by atoms with van der Waals surface area (Å²) in [6.07, 6.45) is 0. The highest BCUT2D eigenvalue weighted by atomic mass is 15.0.